The van der Waals surface area contributed by atoms with Gasteiger partial charge in [0.1, 0.15) is 4.70 Å². The largest absolute Gasteiger partial charge is 0.494 e. The van der Waals surface area contributed by atoms with Crippen molar-refractivity contribution in [1.29, 1.82) is 0 Å². The number of hydrogen-bond donors (Lipinski definition) is 2. The van der Waals surface area contributed by atoms with Gasteiger partial charge in [-0.25, -0.2) is 14.0 Å². The average Bonchev–Trinajstić information content (AvgIpc) is 3.08. The zero-order valence-electron chi connectivity index (χ0n) is 16.5. The lowest BCUT2D eigenvalue weighted by Gasteiger charge is -2.30. The van der Waals surface area contributed by atoms with Crippen molar-refractivity contribution >= 4 is 43.6 Å². The van der Waals surface area contributed by atoms with E-state index in [0.717, 1.165) is 9.35 Å². The molecule has 1 saturated heterocycles. The third kappa shape index (κ3) is 3.99. The van der Waals surface area contributed by atoms with Gasteiger partial charge in [-0.15, -0.1) is 11.3 Å². The molecule has 3 heterocycles. The van der Waals surface area contributed by atoms with E-state index >= 15 is 0 Å². The second kappa shape index (κ2) is 8.46. The molecule has 0 radical (unpaired) electrons. The molecule has 2 N–H and O–H groups in total. The Hall–Kier alpha value is -2.66. The van der Waals surface area contributed by atoms with E-state index in [4.69, 9.17) is 4.74 Å². The number of amides is 1. The van der Waals surface area contributed by atoms with Crippen molar-refractivity contribution in [3.05, 3.63) is 59.8 Å². The van der Waals surface area contributed by atoms with Crippen LogP contribution >= 0.6 is 27.3 Å². The maximum atomic E-state index is 14.2. The predicted octanol–water partition coefficient (Wildman–Crippen LogP) is 3.57. The molecule has 1 aliphatic heterocycles. The first-order valence-electron chi connectivity index (χ1n) is 9.55. The number of hydrogen-bond acceptors (Lipinski definition) is 5. The number of halogens is 2. The van der Waals surface area contributed by atoms with Crippen molar-refractivity contribution < 1.29 is 19.0 Å². The number of benzene rings is 1. The molecule has 1 fully saturated rings. The van der Waals surface area contributed by atoms with E-state index in [1.165, 1.54) is 40.0 Å². The van der Waals surface area contributed by atoms with Crippen molar-refractivity contribution in [2.45, 2.75) is 25.3 Å². The highest BCUT2D eigenvalue weighted by molar-refractivity contribution is 9.11. The molecule has 0 spiro atoms. The Kier molecular flexibility index (Phi) is 5.89. The van der Waals surface area contributed by atoms with E-state index in [9.17, 15) is 23.9 Å². The summed E-state index contributed by atoms with van der Waals surface area (Å²) in [4.78, 5) is 40.2. The summed E-state index contributed by atoms with van der Waals surface area (Å²) in [5.41, 5.74) is 0.820. The molecule has 0 unspecified atom stereocenters. The summed E-state index contributed by atoms with van der Waals surface area (Å²) in [5, 5.41) is 9.21. The highest BCUT2D eigenvalue weighted by Crippen LogP contribution is 2.42. The van der Waals surface area contributed by atoms with E-state index in [1.54, 1.807) is 6.07 Å². The summed E-state index contributed by atoms with van der Waals surface area (Å²) < 4.78 is 21.7. The number of thiophene rings is 1. The maximum absolute atomic E-state index is 14.2. The molecule has 0 aliphatic carbocycles. The summed E-state index contributed by atoms with van der Waals surface area (Å²) in [5.74, 6) is -0.452. The quantitative estimate of drug-likeness (QED) is 0.557. The third-order valence-electron chi connectivity index (χ3n) is 5.55. The van der Waals surface area contributed by atoms with Gasteiger partial charge in [0.15, 0.2) is 11.6 Å². The molecule has 4 rings (SSSR count). The molecule has 1 amide bonds. The molecule has 1 aliphatic rings. The lowest BCUT2D eigenvalue weighted by Crippen LogP contribution is -2.37. The number of fused-ring (bicyclic) bond motifs is 1. The summed E-state index contributed by atoms with van der Waals surface area (Å²) in [6.45, 7) is 0.818. The van der Waals surface area contributed by atoms with Crippen LogP contribution in [0, 0.1) is 5.82 Å². The topological polar surface area (TPSA) is 105 Å². The van der Waals surface area contributed by atoms with Gasteiger partial charge in [-0.05, 0) is 52.4 Å². The summed E-state index contributed by atoms with van der Waals surface area (Å²) >= 11 is 4.78. The highest BCUT2D eigenvalue weighted by atomic mass is 79.9. The van der Waals surface area contributed by atoms with Gasteiger partial charge in [0.05, 0.1) is 23.0 Å². The smallest absolute Gasteiger partial charge is 0.407 e. The van der Waals surface area contributed by atoms with Gasteiger partial charge in [-0.2, -0.15) is 0 Å². The van der Waals surface area contributed by atoms with Crippen molar-refractivity contribution in [2.24, 2.45) is 0 Å². The molecule has 0 saturated carbocycles. The second-order valence-corrected chi connectivity index (χ2v) is 9.66. The molecule has 11 heteroatoms. The summed E-state index contributed by atoms with van der Waals surface area (Å²) in [7, 11) is 1.37. The second-order valence-electron chi connectivity index (χ2n) is 7.33. The normalized spacial score (nSPS) is 14.9. The Bertz CT molecular complexity index is 1280. The molecule has 31 heavy (non-hydrogen) atoms. The molecule has 3 aromatic rings. The van der Waals surface area contributed by atoms with Crippen LogP contribution in [0.2, 0.25) is 0 Å². The van der Waals surface area contributed by atoms with Crippen LogP contribution in [0.3, 0.4) is 0 Å². The molecule has 0 bridgehead atoms. The number of H-pyrrole nitrogens is 1. The van der Waals surface area contributed by atoms with E-state index in [0.29, 0.717) is 41.7 Å². The fraction of sp³-hybridized carbons (Fsp3) is 0.350. The molecular formula is C20H19BrFN3O5S. The summed E-state index contributed by atoms with van der Waals surface area (Å²) in [6.07, 6.45) is 0.201. The lowest BCUT2D eigenvalue weighted by molar-refractivity contribution is 0.132. The number of nitrogens with zero attached hydrogens (tertiary/aromatic N) is 2. The summed E-state index contributed by atoms with van der Waals surface area (Å²) in [6, 6.07) is 4.46. The first-order chi connectivity index (χ1) is 14.8. The fourth-order valence-electron chi connectivity index (χ4n) is 4.01. The fourth-order valence-corrected chi connectivity index (χ4v) is 6.02. The number of rotatable bonds is 4. The minimum atomic E-state index is -0.956. The average molecular weight is 512 g/mol. The monoisotopic (exact) mass is 511 g/mol. The van der Waals surface area contributed by atoms with Crippen molar-refractivity contribution in [1.82, 2.24) is 14.5 Å². The van der Waals surface area contributed by atoms with Crippen LogP contribution in [0.15, 0.2) is 31.6 Å². The van der Waals surface area contributed by atoms with Gasteiger partial charge in [0.25, 0.3) is 5.56 Å². The molecule has 164 valence electrons. The van der Waals surface area contributed by atoms with Crippen LogP contribution in [0.25, 0.3) is 10.2 Å². The Morgan fingerprint density at radius 1 is 1.35 bits per heavy atom. The zero-order chi connectivity index (χ0) is 22.3. The van der Waals surface area contributed by atoms with Crippen molar-refractivity contribution in [3.63, 3.8) is 0 Å². The van der Waals surface area contributed by atoms with Crippen LogP contribution in [-0.4, -0.2) is 45.9 Å². The maximum Gasteiger partial charge on any atom is 0.407 e. The number of likely N-dealkylation sites (tertiary alicyclic amines) is 1. The van der Waals surface area contributed by atoms with Crippen molar-refractivity contribution in [3.8, 4) is 5.75 Å². The first kappa shape index (κ1) is 21.6. The van der Waals surface area contributed by atoms with Crippen LogP contribution in [0.5, 0.6) is 5.75 Å². The zero-order valence-corrected chi connectivity index (χ0v) is 18.9. The SMILES string of the molecule is COc1ccc(Cn2c(=O)[nH]c(=O)c3sc(Br)c(C4CCN(C(=O)O)CC4)c32)cc1F. The Labute approximate surface area is 188 Å². The van der Waals surface area contributed by atoms with E-state index in [1.807, 2.05) is 0 Å². The molecule has 0 atom stereocenters. The number of nitrogens with one attached hydrogen (secondary N) is 1. The van der Waals surface area contributed by atoms with Gasteiger partial charge in [-0.1, -0.05) is 6.07 Å². The Morgan fingerprint density at radius 2 is 2.06 bits per heavy atom. The molecule has 1 aromatic carbocycles. The Morgan fingerprint density at radius 3 is 2.68 bits per heavy atom. The van der Waals surface area contributed by atoms with Gasteiger partial charge in [0, 0.05) is 18.7 Å². The van der Waals surface area contributed by atoms with Crippen LogP contribution < -0.4 is 16.0 Å². The molecular weight excluding hydrogens is 493 g/mol. The number of aromatic nitrogens is 2. The predicted molar refractivity (Wildman–Crippen MR) is 118 cm³/mol. The third-order valence-corrected chi connectivity index (χ3v) is 7.44. The minimum Gasteiger partial charge on any atom is -0.494 e. The molecule has 2 aromatic heterocycles. The number of carboxylic acid groups (broad SMARTS) is 1. The number of ether oxygens (including phenoxy) is 1. The Balaban J connectivity index is 1.81. The lowest BCUT2D eigenvalue weighted by atomic mass is 9.90. The van der Waals surface area contributed by atoms with Gasteiger partial charge < -0.3 is 14.7 Å². The minimum absolute atomic E-state index is 0.0150. The van der Waals surface area contributed by atoms with E-state index in [2.05, 4.69) is 20.9 Å². The van der Waals surface area contributed by atoms with Crippen LogP contribution in [0.4, 0.5) is 9.18 Å². The number of piperidine rings is 1. The van der Waals surface area contributed by atoms with E-state index in [-0.39, 0.29) is 18.2 Å². The number of carbonyl (C=O) groups is 1. The van der Waals surface area contributed by atoms with E-state index < -0.39 is 23.2 Å². The molecule has 8 nitrogen and oxygen atoms in total. The number of aromatic amines is 1. The number of methoxy groups -OCH3 is 1. The van der Waals surface area contributed by atoms with Crippen molar-refractivity contribution in [2.75, 3.05) is 20.2 Å². The standard InChI is InChI=1S/C20H19BrFN3O5S/c1-30-13-3-2-10(8-12(13)22)9-25-15-14(11-4-6-24(7-5-11)20(28)29)17(21)31-16(15)18(26)23-19(25)27/h2-3,8,11H,4-7,9H2,1H3,(H,28,29)(H,23,26,27). The van der Waals surface area contributed by atoms with Gasteiger partial charge >= 0.3 is 11.8 Å². The highest BCUT2D eigenvalue weighted by Gasteiger charge is 2.29. The van der Waals surface area contributed by atoms with Gasteiger partial charge in [-0.3, -0.25) is 14.3 Å². The van der Waals surface area contributed by atoms with Gasteiger partial charge in [0.2, 0.25) is 0 Å². The first-order valence-corrected chi connectivity index (χ1v) is 11.2. The van der Waals surface area contributed by atoms with Crippen LogP contribution in [-0.2, 0) is 6.54 Å². The van der Waals surface area contributed by atoms with Crippen LogP contribution in [0.1, 0.15) is 29.9 Å².